The summed E-state index contributed by atoms with van der Waals surface area (Å²) in [6, 6.07) is 9.80. The molecular formula is C19H23NO. The summed E-state index contributed by atoms with van der Waals surface area (Å²) < 4.78 is 0. The predicted molar refractivity (Wildman–Crippen MR) is 86.4 cm³/mol. The van der Waals surface area contributed by atoms with Crippen molar-refractivity contribution in [2.75, 3.05) is 0 Å². The first-order valence-corrected chi connectivity index (χ1v) is 8.04. The monoisotopic (exact) mass is 281 g/mol. The number of benzene rings is 1. The van der Waals surface area contributed by atoms with Gasteiger partial charge in [0.05, 0.1) is 5.52 Å². The Kier molecular flexibility index (Phi) is 4.05. The van der Waals surface area contributed by atoms with E-state index in [4.69, 9.17) is 0 Å². The number of nitrogens with zero attached hydrogens (tertiary/aromatic N) is 1. The van der Waals surface area contributed by atoms with Gasteiger partial charge in [-0.15, -0.1) is 0 Å². The second kappa shape index (κ2) is 5.97. The maximum atomic E-state index is 12.9. The van der Waals surface area contributed by atoms with E-state index < -0.39 is 0 Å². The molecule has 0 N–H and O–H groups in total. The van der Waals surface area contributed by atoms with E-state index in [0.29, 0.717) is 5.78 Å². The molecule has 2 heteroatoms. The summed E-state index contributed by atoms with van der Waals surface area (Å²) in [4.78, 5) is 17.2. The third-order valence-electron chi connectivity index (χ3n) is 5.00. The number of ketones is 1. The van der Waals surface area contributed by atoms with Crippen LogP contribution in [0.2, 0.25) is 0 Å². The highest BCUT2D eigenvalue weighted by Crippen LogP contribution is 2.35. The number of hydrogen-bond acceptors (Lipinski definition) is 2. The molecule has 3 rings (SSSR count). The maximum Gasteiger partial charge on any atom is 0.166 e. The summed E-state index contributed by atoms with van der Waals surface area (Å²) >= 11 is 0. The second-order valence-corrected chi connectivity index (χ2v) is 6.60. The van der Waals surface area contributed by atoms with Crippen LogP contribution in [0.4, 0.5) is 0 Å². The van der Waals surface area contributed by atoms with E-state index in [1.165, 1.54) is 12.8 Å². The summed E-state index contributed by atoms with van der Waals surface area (Å²) in [5.74, 6) is 2.05. The predicted octanol–water partition coefficient (Wildman–Crippen LogP) is 4.88. The van der Waals surface area contributed by atoms with Crippen LogP contribution in [0, 0.1) is 17.8 Å². The summed E-state index contributed by atoms with van der Waals surface area (Å²) in [7, 11) is 0. The van der Waals surface area contributed by atoms with Crippen molar-refractivity contribution in [3.05, 3.63) is 42.1 Å². The standard InChI is InChI=1S/C19H23NO/c1-13(2)14-8-10-15(11-9-14)19(21)17-5-3-7-18-16(17)6-4-12-20-18/h3-7,12-15H,8-11H2,1-2H3. The minimum atomic E-state index is 0.200. The third kappa shape index (κ3) is 2.85. The molecule has 0 spiro atoms. The van der Waals surface area contributed by atoms with Gasteiger partial charge in [0, 0.05) is 23.1 Å². The zero-order chi connectivity index (χ0) is 14.8. The Balaban J connectivity index is 1.82. The molecule has 1 aliphatic carbocycles. The van der Waals surface area contributed by atoms with Gasteiger partial charge in [0.25, 0.3) is 0 Å². The minimum Gasteiger partial charge on any atom is -0.294 e. The van der Waals surface area contributed by atoms with E-state index in [-0.39, 0.29) is 5.92 Å². The van der Waals surface area contributed by atoms with Crippen LogP contribution >= 0.6 is 0 Å². The second-order valence-electron chi connectivity index (χ2n) is 6.60. The van der Waals surface area contributed by atoms with E-state index >= 15 is 0 Å². The lowest BCUT2D eigenvalue weighted by Crippen LogP contribution is -2.24. The van der Waals surface area contributed by atoms with E-state index in [1.54, 1.807) is 6.20 Å². The van der Waals surface area contributed by atoms with Gasteiger partial charge in [0.1, 0.15) is 0 Å². The van der Waals surface area contributed by atoms with Crippen LogP contribution in [0.1, 0.15) is 49.9 Å². The van der Waals surface area contributed by atoms with Crippen LogP contribution in [0.25, 0.3) is 10.9 Å². The highest BCUT2D eigenvalue weighted by Gasteiger charge is 2.28. The first-order chi connectivity index (χ1) is 10.2. The molecule has 0 radical (unpaired) electrons. The highest BCUT2D eigenvalue weighted by molar-refractivity contribution is 6.08. The minimum absolute atomic E-state index is 0.200. The molecular weight excluding hydrogens is 258 g/mol. The van der Waals surface area contributed by atoms with Crippen molar-refractivity contribution >= 4 is 16.7 Å². The molecule has 0 saturated heterocycles. The van der Waals surface area contributed by atoms with Gasteiger partial charge in [-0.2, -0.15) is 0 Å². The fraction of sp³-hybridized carbons (Fsp3) is 0.474. The topological polar surface area (TPSA) is 30.0 Å². The van der Waals surface area contributed by atoms with Crippen molar-refractivity contribution in [3.63, 3.8) is 0 Å². The number of hydrogen-bond donors (Lipinski definition) is 0. The van der Waals surface area contributed by atoms with Crippen molar-refractivity contribution in [1.82, 2.24) is 4.98 Å². The third-order valence-corrected chi connectivity index (χ3v) is 5.00. The molecule has 0 amide bonds. The van der Waals surface area contributed by atoms with Gasteiger partial charge in [-0.05, 0) is 49.7 Å². The van der Waals surface area contributed by atoms with Gasteiger partial charge in [0.2, 0.25) is 0 Å². The Morgan fingerprint density at radius 3 is 2.57 bits per heavy atom. The molecule has 1 aromatic heterocycles. The molecule has 2 aromatic rings. The van der Waals surface area contributed by atoms with Crippen LogP contribution < -0.4 is 0 Å². The molecule has 1 saturated carbocycles. The van der Waals surface area contributed by atoms with Gasteiger partial charge in [-0.1, -0.05) is 32.0 Å². The first-order valence-electron chi connectivity index (χ1n) is 8.04. The number of carbonyl (C=O) groups is 1. The lowest BCUT2D eigenvalue weighted by molar-refractivity contribution is 0.0861. The highest BCUT2D eigenvalue weighted by atomic mass is 16.1. The quantitative estimate of drug-likeness (QED) is 0.750. The van der Waals surface area contributed by atoms with Gasteiger partial charge >= 0.3 is 0 Å². The van der Waals surface area contributed by atoms with E-state index in [0.717, 1.165) is 41.1 Å². The molecule has 1 heterocycles. The number of rotatable bonds is 3. The van der Waals surface area contributed by atoms with E-state index in [1.807, 2.05) is 30.3 Å². The lowest BCUT2D eigenvalue weighted by Gasteiger charge is -2.30. The molecule has 0 aliphatic heterocycles. The average Bonchev–Trinajstić information content (AvgIpc) is 2.53. The van der Waals surface area contributed by atoms with Crippen molar-refractivity contribution in [1.29, 1.82) is 0 Å². The van der Waals surface area contributed by atoms with Crippen LogP contribution in [0.15, 0.2) is 36.5 Å². The molecule has 1 aromatic carbocycles. The molecule has 0 bridgehead atoms. The molecule has 110 valence electrons. The first kappa shape index (κ1) is 14.2. The van der Waals surface area contributed by atoms with Crippen LogP contribution in [-0.2, 0) is 0 Å². The number of aromatic nitrogens is 1. The van der Waals surface area contributed by atoms with Crippen molar-refractivity contribution in [3.8, 4) is 0 Å². The number of fused-ring (bicyclic) bond motifs is 1. The molecule has 1 aliphatic rings. The number of carbonyl (C=O) groups excluding carboxylic acids is 1. The van der Waals surface area contributed by atoms with Crippen molar-refractivity contribution in [2.45, 2.75) is 39.5 Å². The SMILES string of the molecule is CC(C)C1CCC(C(=O)c2cccc3ncccc23)CC1. The fourth-order valence-electron chi connectivity index (χ4n) is 3.59. The zero-order valence-corrected chi connectivity index (χ0v) is 12.9. The van der Waals surface area contributed by atoms with Gasteiger partial charge in [-0.25, -0.2) is 0 Å². The summed E-state index contributed by atoms with van der Waals surface area (Å²) in [6.45, 7) is 4.59. The Labute approximate surface area is 126 Å². The van der Waals surface area contributed by atoms with Gasteiger partial charge in [0.15, 0.2) is 5.78 Å². The van der Waals surface area contributed by atoms with E-state index in [2.05, 4.69) is 18.8 Å². The van der Waals surface area contributed by atoms with Crippen molar-refractivity contribution in [2.24, 2.45) is 17.8 Å². The Morgan fingerprint density at radius 1 is 1.10 bits per heavy atom. The molecule has 2 nitrogen and oxygen atoms in total. The zero-order valence-electron chi connectivity index (χ0n) is 12.9. The molecule has 0 atom stereocenters. The molecule has 0 unspecified atom stereocenters. The van der Waals surface area contributed by atoms with Gasteiger partial charge in [-0.3, -0.25) is 9.78 Å². The van der Waals surface area contributed by atoms with Gasteiger partial charge < -0.3 is 0 Å². The van der Waals surface area contributed by atoms with Crippen LogP contribution in [-0.4, -0.2) is 10.8 Å². The average molecular weight is 281 g/mol. The Morgan fingerprint density at radius 2 is 1.86 bits per heavy atom. The lowest BCUT2D eigenvalue weighted by atomic mass is 9.74. The normalized spacial score (nSPS) is 22.6. The van der Waals surface area contributed by atoms with Crippen molar-refractivity contribution < 1.29 is 4.79 Å². The number of Topliss-reactive ketones (excluding diaryl/α,β-unsaturated/α-hetero) is 1. The molecule has 1 fully saturated rings. The Hall–Kier alpha value is -1.70. The smallest absolute Gasteiger partial charge is 0.166 e. The molecule has 21 heavy (non-hydrogen) atoms. The number of pyridine rings is 1. The maximum absolute atomic E-state index is 12.9. The fourth-order valence-corrected chi connectivity index (χ4v) is 3.59. The van der Waals surface area contributed by atoms with Crippen LogP contribution in [0.3, 0.4) is 0 Å². The Bertz CT molecular complexity index is 634. The van der Waals surface area contributed by atoms with E-state index in [9.17, 15) is 4.79 Å². The summed E-state index contributed by atoms with van der Waals surface area (Å²) in [5.41, 5.74) is 1.77. The van der Waals surface area contributed by atoms with Crippen LogP contribution in [0.5, 0.6) is 0 Å². The largest absolute Gasteiger partial charge is 0.294 e. The summed E-state index contributed by atoms with van der Waals surface area (Å²) in [5, 5.41) is 0.996. The summed E-state index contributed by atoms with van der Waals surface area (Å²) in [6.07, 6.45) is 6.25.